The number of hydrogen-bond acceptors (Lipinski definition) is 8. The fourth-order valence-electron chi connectivity index (χ4n) is 4.21. The van der Waals surface area contributed by atoms with Crippen LogP contribution in [-0.2, 0) is 25.0 Å². The number of carbonyl (C=O) groups is 1. The van der Waals surface area contributed by atoms with E-state index in [9.17, 15) is 26.9 Å². The second kappa shape index (κ2) is 10.8. The second-order valence-corrected chi connectivity index (χ2v) is 12.9. The average molecular weight is 572 g/mol. The van der Waals surface area contributed by atoms with Crippen LogP contribution in [0.25, 0.3) is 10.9 Å². The number of carbonyl (C=O) groups excluding carboxylic acids is 1. The quantitative estimate of drug-likeness (QED) is 0.247. The van der Waals surface area contributed by atoms with Crippen LogP contribution in [0.4, 0.5) is 5.69 Å². The smallest absolute Gasteiger partial charge is 0.301 e. The zero-order valence-electron chi connectivity index (χ0n) is 22.0. The van der Waals surface area contributed by atoms with Gasteiger partial charge in [0.2, 0.25) is 5.78 Å². The van der Waals surface area contributed by atoms with Gasteiger partial charge in [0.1, 0.15) is 17.3 Å². The molecule has 1 N–H and O–H groups in total. The van der Waals surface area contributed by atoms with Crippen molar-refractivity contribution in [2.45, 2.75) is 18.7 Å². The summed E-state index contributed by atoms with van der Waals surface area (Å²) in [6.07, 6.45) is 1.32. The first-order valence-electron chi connectivity index (χ1n) is 12.0. The van der Waals surface area contributed by atoms with Crippen molar-refractivity contribution in [3.63, 3.8) is 0 Å². The molecule has 0 atom stereocenters. The van der Waals surface area contributed by atoms with Gasteiger partial charge in [0.05, 0.1) is 29.3 Å². The first kappa shape index (κ1) is 28.3. The van der Waals surface area contributed by atoms with Gasteiger partial charge in [0.25, 0.3) is 10.0 Å². The molecule has 0 amide bonds. The summed E-state index contributed by atoms with van der Waals surface area (Å²) in [5, 5.41) is 10.0. The van der Waals surface area contributed by atoms with Gasteiger partial charge in [-0.15, -0.1) is 0 Å². The van der Waals surface area contributed by atoms with Crippen molar-refractivity contribution >= 4 is 42.6 Å². The molecule has 0 unspecified atom stereocenters. The third-order valence-electron chi connectivity index (χ3n) is 6.20. The molecule has 1 fully saturated rings. The first-order chi connectivity index (χ1) is 18.3. The molecule has 39 heavy (non-hydrogen) atoms. The molecule has 2 heterocycles. The van der Waals surface area contributed by atoms with E-state index < -0.39 is 26.0 Å². The molecule has 2 aromatic carbocycles. The number of Topliss-reactive ketones (excluding diaryl/α,β-unsaturated/α-hetero) is 1. The van der Waals surface area contributed by atoms with E-state index in [4.69, 9.17) is 4.74 Å². The third-order valence-corrected chi connectivity index (χ3v) is 9.46. The van der Waals surface area contributed by atoms with Crippen LogP contribution in [0.3, 0.4) is 0 Å². The van der Waals surface area contributed by atoms with Crippen molar-refractivity contribution in [2.75, 3.05) is 45.1 Å². The van der Waals surface area contributed by atoms with Crippen LogP contribution in [0.15, 0.2) is 59.1 Å². The van der Waals surface area contributed by atoms with E-state index in [0.29, 0.717) is 10.9 Å². The summed E-state index contributed by atoms with van der Waals surface area (Å²) in [6, 6.07) is 12.4. The third kappa shape index (κ3) is 5.69. The number of morpholine rings is 1. The Morgan fingerprint density at radius 3 is 2.28 bits per heavy atom. The van der Waals surface area contributed by atoms with Crippen LogP contribution in [0.5, 0.6) is 0 Å². The van der Waals surface area contributed by atoms with Crippen LogP contribution < -0.4 is 4.72 Å². The van der Waals surface area contributed by atoms with E-state index in [1.165, 1.54) is 39.7 Å². The van der Waals surface area contributed by atoms with Crippen LogP contribution in [0, 0.1) is 25.2 Å². The average Bonchev–Trinajstić information content (AvgIpc) is 3.26. The van der Waals surface area contributed by atoms with Gasteiger partial charge in [-0.2, -0.15) is 18.0 Å². The summed E-state index contributed by atoms with van der Waals surface area (Å²) < 4.78 is 63.9. The second-order valence-electron chi connectivity index (χ2n) is 9.40. The molecule has 11 nitrogen and oxygen atoms in total. The van der Waals surface area contributed by atoms with Crippen molar-refractivity contribution in [3.8, 4) is 6.07 Å². The van der Waals surface area contributed by atoms with Crippen molar-refractivity contribution in [3.05, 3.63) is 71.1 Å². The number of nitrogens with zero attached hydrogens (tertiary/aromatic N) is 4. The summed E-state index contributed by atoms with van der Waals surface area (Å²) in [5.74, 6) is -0.786. The number of ether oxygens (including phenoxy) is 1. The molecular weight excluding hydrogens is 542 g/mol. The number of benzene rings is 2. The molecule has 1 saturated heterocycles. The van der Waals surface area contributed by atoms with Crippen LogP contribution in [0.1, 0.15) is 21.6 Å². The summed E-state index contributed by atoms with van der Waals surface area (Å²) in [6.45, 7) is 4.40. The monoisotopic (exact) mass is 571 g/mol. The van der Waals surface area contributed by atoms with E-state index in [-0.39, 0.29) is 53.7 Å². The normalized spacial score (nSPS) is 15.2. The van der Waals surface area contributed by atoms with Crippen molar-refractivity contribution < 1.29 is 26.4 Å². The van der Waals surface area contributed by atoms with Gasteiger partial charge in [0.15, 0.2) is 0 Å². The largest absolute Gasteiger partial charge is 0.382 e. The zero-order valence-corrected chi connectivity index (χ0v) is 23.6. The summed E-state index contributed by atoms with van der Waals surface area (Å²) in [4.78, 5) is 15.0. The Hall–Kier alpha value is -3.70. The summed E-state index contributed by atoms with van der Waals surface area (Å²) >= 11 is 0. The van der Waals surface area contributed by atoms with E-state index in [0.717, 1.165) is 9.54 Å². The molecule has 1 aliphatic rings. The molecule has 3 aromatic rings. The van der Waals surface area contributed by atoms with Gasteiger partial charge in [-0.05, 0) is 49.7 Å². The SMILES string of the molecule is Cc1ccc(S(=O)(=O)n2c(C(=O)/C(C#N)=C/N(C)C)cc3cc(C)c(NS(=O)(=O)N4CCOCC4)cc32)cc1. The van der Waals surface area contributed by atoms with Crippen LogP contribution in [-0.4, -0.2) is 76.2 Å². The molecule has 0 bridgehead atoms. The molecule has 0 saturated carbocycles. The van der Waals surface area contributed by atoms with Crippen molar-refractivity contribution in [1.82, 2.24) is 13.2 Å². The van der Waals surface area contributed by atoms with Crippen LogP contribution >= 0.6 is 0 Å². The topological polar surface area (TPSA) is 142 Å². The predicted octanol–water partition coefficient (Wildman–Crippen LogP) is 2.64. The van der Waals surface area contributed by atoms with E-state index in [1.54, 1.807) is 39.2 Å². The highest BCUT2D eigenvalue weighted by Crippen LogP contribution is 2.32. The maximum absolute atomic E-state index is 13.9. The number of nitriles is 1. The maximum Gasteiger partial charge on any atom is 0.301 e. The van der Waals surface area contributed by atoms with Gasteiger partial charge in [-0.25, -0.2) is 12.4 Å². The number of aryl methyl sites for hydroxylation is 2. The Morgan fingerprint density at radius 1 is 1.05 bits per heavy atom. The number of rotatable bonds is 8. The van der Waals surface area contributed by atoms with Gasteiger partial charge in [0, 0.05) is 38.8 Å². The number of nitrogens with one attached hydrogen (secondary N) is 1. The molecule has 0 aliphatic carbocycles. The number of aromatic nitrogens is 1. The number of fused-ring (bicyclic) bond motifs is 1. The number of ketones is 1. The number of anilines is 1. The minimum Gasteiger partial charge on any atom is -0.382 e. The molecule has 1 aromatic heterocycles. The Morgan fingerprint density at radius 2 is 1.69 bits per heavy atom. The molecular formula is C26H29N5O6S2. The van der Waals surface area contributed by atoms with E-state index >= 15 is 0 Å². The molecule has 0 spiro atoms. The van der Waals surface area contributed by atoms with Gasteiger partial charge in [-0.3, -0.25) is 9.52 Å². The summed E-state index contributed by atoms with van der Waals surface area (Å²) in [5.41, 5.74) is 1.12. The van der Waals surface area contributed by atoms with Gasteiger partial charge < -0.3 is 9.64 Å². The highest BCUT2D eigenvalue weighted by Gasteiger charge is 2.30. The molecule has 4 rings (SSSR count). The standard InChI is InChI=1S/C26H29N5O6S2/c1-18-5-7-22(8-6-18)38(33,34)31-24-15-23(28-39(35,36)30-9-11-37-12-10-30)19(2)13-20(24)14-25(31)26(32)21(16-27)17-29(3)4/h5-8,13-15,17,28H,9-12H2,1-4H3/b21-17+. The van der Waals surface area contributed by atoms with Crippen molar-refractivity contribution in [2.24, 2.45) is 0 Å². The molecule has 13 heteroatoms. The lowest BCUT2D eigenvalue weighted by Gasteiger charge is -2.26. The zero-order chi connectivity index (χ0) is 28.5. The number of hydrogen-bond donors (Lipinski definition) is 1. The van der Waals surface area contributed by atoms with E-state index in [2.05, 4.69) is 4.72 Å². The Kier molecular flexibility index (Phi) is 7.85. The Balaban J connectivity index is 1.95. The van der Waals surface area contributed by atoms with Crippen LogP contribution in [0.2, 0.25) is 0 Å². The Labute approximate surface area is 228 Å². The lowest BCUT2D eigenvalue weighted by atomic mass is 10.1. The number of allylic oxidation sites excluding steroid dienone is 1. The minimum atomic E-state index is -4.34. The molecule has 206 valence electrons. The predicted molar refractivity (Wildman–Crippen MR) is 147 cm³/mol. The molecule has 0 radical (unpaired) electrons. The highest BCUT2D eigenvalue weighted by molar-refractivity contribution is 7.90. The Bertz CT molecular complexity index is 1710. The first-order valence-corrected chi connectivity index (χ1v) is 14.9. The lowest BCUT2D eigenvalue weighted by molar-refractivity contribution is 0.0733. The highest BCUT2D eigenvalue weighted by atomic mass is 32.2. The van der Waals surface area contributed by atoms with E-state index in [1.807, 2.05) is 13.0 Å². The van der Waals surface area contributed by atoms with Gasteiger partial charge in [-0.1, -0.05) is 17.7 Å². The molecule has 1 aliphatic heterocycles. The maximum atomic E-state index is 13.9. The summed E-state index contributed by atoms with van der Waals surface area (Å²) in [7, 11) is -5.01. The fraction of sp³-hybridized carbons (Fsp3) is 0.308. The minimum absolute atomic E-state index is 0.0641. The van der Waals surface area contributed by atoms with Gasteiger partial charge >= 0.3 is 10.2 Å². The lowest BCUT2D eigenvalue weighted by Crippen LogP contribution is -2.43. The van der Waals surface area contributed by atoms with Crippen molar-refractivity contribution in [1.29, 1.82) is 5.26 Å². The fourth-order valence-corrected chi connectivity index (χ4v) is 6.97.